The number of hydrogen-bond acceptors (Lipinski definition) is 3. The number of carbonyl (C=O) groups is 1. The second kappa shape index (κ2) is 4.59. The highest BCUT2D eigenvalue weighted by Gasteiger charge is 2.11. The molecule has 1 N–H and O–H groups in total. The predicted octanol–water partition coefficient (Wildman–Crippen LogP) is 3.20. The molecular weight excluding hydrogens is 240 g/mol. The average molecular weight is 251 g/mol. The maximum absolute atomic E-state index is 11.7. The molecule has 0 bridgehead atoms. The molecule has 0 radical (unpaired) electrons. The minimum absolute atomic E-state index is 0.163. The molecule has 4 nitrogen and oxygen atoms in total. The molecule has 2 heterocycles. The number of rotatable bonds is 2. The molecule has 1 amide bonds. The fraction of sp³-hybridized carbons (Fsp3) is 0.167. The molecule has 0 saturated heterocycles. The predicted molar refractivity (Wildman–Crippen MR) is 65.4 cm³/mol. The Morgan fingerprint density at radius 3 is 2.71 bits per heavy atom. The highest BCUT2D eigenvalue weighted by Crippen LogP contribution is 2.15. The van der Waals surface area contributed by atoms with Gasteiger partial charge in [-0.2, -0.15) is 0 Å². The van der Waals surface area contributed by atoms with Gasteiger partial charge in [-0.25, -0.2) is 4.98 Å². The molecule has 5 heteroatoms. The molecule has 0 spiro atoms. The van der Waals surface area contributed by atoms with Gasteiger partial charge in [0.1, 0.15) is 5.82 Å². The van der Waals surface area contributed by atoms with Crippen LogP contribution in [0.5, 0.6) is 0 Å². The quantitative estimate of drug-likeness (QED) is 0.891. The van der Waals surface area contributed by atoms with E-state index in [1.165, 1.54) is 12.1 Å². The van der Waals surface area contributed by atoms with Crippen LogP contribution in [-0.2, 0) is 0 Å². The third kappa shape index (κ3) is 2.85. The Morgan fingerprint density at radius 2 is 2.12 bits per heavy atom. The lowest BCUT2D eigenvalue weighted by Gasteiger charge is -2.04. The maximum Gasteiger partial charge on any atom is 0.292 e. The summed E-state index contributed by atoms with van der Waals surface area (Å²) in [7, 11) is 0. The third-order valence-electron chi connectivity index (χ3n) is 2.14. The highest BCUT2D eigenvalue weighted by molar-refractivity contribution is 6.29. The summed E-state index contributed by atoms with van der Waals surface area (Å²) in [4.78, 5) is 15.9. The van der Waals surface area contributed by atoms with E-state index < -0.39 is 0 Å². The summed E-state index contributed by atoms with van der Waals surface area (Å²) in [5, 5.41) is 2.83. The Balaban J connectivity index is 2.18. The van der Waals surface area contributed by atoms with E-state index in [4.69, 9.17) is 16.0 Å². The number of aryl methyl sites for hydroxylation is 2. The third-order valence-corrected chi connectivity index (χ3v) is 2.34. The highest BCUT2D eigenvalue weighted by atomic mass is 35.5. The van der Waals surface area contributed by atoms with Crippen LogP contribution in [0.25, 0.3) is 0 Å². The molecule has 2 rings (SSSR count). The molecule has 0 saturated carbocycles. The Bertz CT molecular complexity index is 543. The van der Waals surface area contributed by atoms with Crippen LogP contribution in [0.1, 0.15) is 21.8 Å². The van der Waals surface area contributed by atoms with Crippen molar-refractivity contribution in [3.05, 3.63) is 46.5 Å². The van der Waals surface area contributed by atoms with Gasteiger partial charge in [-0.15, -0.1) is 0 Å². The monoisotopic (exact) mass is 250 g/mol. The normalized spacial score (nSPS) is 10.3. The zero-order chi connectivity index (χ0) is 12.4. The zero-order valence-corrected chi connectivity index (χ0v) is 10.2. The van der Waals surface area contributed by atoms with Crippen molar-refractivity contribution in [2.24, 2.45) is 0 Å². The first-order chi connectivity index (χ1) is 8.04. The van der Waals surface area contributed by atoms with Crippen molar-refractivity contribution in [2.45, 2.75) is 13.8 Å². The van der Waals surface area contributed by atoms with Crippen LogP contribution >= 0.6 is 11.6 Å². The lowest BCUT2D eigenvalue weighted by molar-refractivity contribution is 0.0996. The van der Waals surface area contributed by atoms with Crippen LogP contribution < -0.4 is 5.32 Å². The molecule has 2 aromatic rings. The van der Waals surface area contributed by atoms with Gasteiger partial charge in [0.25, 0.3) is 5.91 Å². The number of halogens is 1. The van der Waals surface area contributed by atoms with Crippen LogP contribution in [0.4, 0.5) is 5.82 Å². The van der Waals surface area contributed by atoms with Crippen LogP contribution in [-0.4, -0.2) is 10.9 Å². The summed E-state index contributed by atoms with van der Waals surface area (Å²) in [6, 6.07) is 6.75. The molecule has 0 aliphatic heterocycles. The van der Waals surface area contributed by atoms with Crippen LogP contribution in [0.3, 0.4) is 0 Å². The van der Waals surface area contributed by atoms with Gasteiger partial charge in [0.05, 0.1) is 0 Å². The van der Waals surface area contributed by atoms with Gasteiger partial charge in [0.15, 0.2) is 11.0 Å². The van der Waals surface area contributed by atoms with Crippen LogP contribution in [0.15, 0.2) is 28.7 Å². The first kappa shape index (κ1) is 11.7. The second-order valence-electron chi connectivity index (χ2n) is 3.73. The fourth-order valence-electron chi connectivity index (χ4n) is 1.52. The Kier molecular flexibility index (Phi) is 3.15. The van der Waals surface area contributed by atoms with E-state index >= 15 is 0 Å². The van der Waals surface area contributed by atoms with Gasteiger partial charge in [-0.3, -0.25) is 4.79 Å². The SMILES string of the molecule is Cc1cc(C)nc(NC(=O)c2ccc(Cl)o2)c1. The topological polar surface area (TPSA) is 55.1 Å². The van der Waals surface area contributed by atoms with E-state index in [2.05, 4.69) is 10.3 Å². The molecule has 2 aromatic heterocycles. The summed E-state index contributed by atoms with van der Waals surface area (Å²) < 4.78 is 5.00. The van der Waals surface area contributed by atoms with Crippen molar-refractivity contribution in [2.75, 3.05) is 5.32 Å². The van der Waals surface area contributed by atoms with Gasteiger partial charge in [-0.1, -0.05) is 0 Å². The molecule has 0 aromatic carbocycles. The van der Waals surface area contributed by atoms with E-state index in [0.29, 0.717) is 5.82 Å². The first-order valence-corrected chi connectivity index (χ1v) is 5.44. The zero-order valence-electron chi connectivity index (χ0n) is 9.45. The van der Waals surface area contributed by atoms with Crippen molar-refractivity contribution >= 4 is 23.3 Å². The van der Waals surface area contributed by atoms with E-state index in [0.717, 1.165) is 11.3 Å². The molecule has 0 unspecified atom stereocenters. The summed E-state index contributed by atoms with van der Waals surface area (Å²) >= 11 is 5.60. The second-order valence-corrected chi connectivity index (χ2v) is 4.10. The van der Waals surface area contributed by atoms with E-state index in [1.54, 1.807) is 6.07 Å². The van der Waals surface area contributed by atoms with Crippen LogP contribution in [0.2, 0.25) is 5.22 Å². The van der Waals surface area contributed by atoms with E-state index in [1.807, 2.05) is 19.9 Å². The molecule has 0 aliphatic carbocycles. The van der Waals surface area contributed by atoms with Gasteiger partial charge >= 0.3 is 0 Å². The van der Waals surface area contributed by atoms with Crippen molar-refractivity contribution in [1.82, 2.24) is 4.98 Å². The van der Waals surface area contributed by atoms with Crippen molar-refractivity contribution < 1.29 is 9.21 Å². The standard InChI is InChI=1S/C12H11ClN2O2/c1-7-5-8(2)14-11(6-7)15-12(16)9-3-4-10(13)17-9/h3-6H,1-2H3,(H,14,15,16). The molecule has 0 atom stereocenters. The Morgan fingerprint density at radius 1 is 1.35 bits per heavy atom. The minimum Gasteiger partial charge on any atom is -0.440 e. The smallest absolute Gasteiger partial charge is 0.292 e. The van der Waals surface area contributed by atoms with Gasteiger partial charge in [0, 0.05) is 5.69 Å². The number of anilines is 1. The number of nitrogens with zero attached hydrogens (tertiary/aromatic N) is 1. The van der Waals surface area contributed by atoms with Crippen LogP contribution in [0, 0.1) is 13.8 Å². The Labute approximate surface area is 104 Å². The number of aromatic nitrogens is 1. The molecule has 17 heavy (non-hydrogen) atoms. The molecule has 0 fully saturated rings. The summed E-state index contributed by atoms with van der Waals surface area (Å²) in [6.45, 7) is 3.81. The molecular formula is C12H11ClN2O2. The van der Waals surface area contributed by atoms with Gasteiger partial charge in [-0.05, 0) is 55.3 Å². The lowest BCUT2D eigenvalue weighted by atomic mass is 10.2. The summed E-state index contributed by atoms with van der Waals surface area (Å²) in [5.41, 5.74) is 1.88. The summed E-state index contributed by atoms with van der Waals surface area (Å²) in [5.74, 6) is 0.297. The lowest BCUT2D eigenvalue weighted by Crippen LogP contribution is -2.12. The van der Waals surface area contributed by atoms with Crippen molar-refractivity contribution in [3.8, 4) is 0 Å². The fourth-order valence-corrected chi connectivity index (χ4v) is 1.67. The number of furan rings is 1. The molecule has 0 aliphatic rings. The van der Waals surface area contributed by atoms with Gasteiger partial charge < -0.3 is 9.73 Å². The van der Waals surface area contributed by atoms with E-state index in [-0.39, 0.29) is 16.9 Å². The van der Waals surface area contributed by atoms with Gasteiger partial charge in [0.2, 0.25) is 0 Å². The van der Waals surface area contributed by atoms with Crippen molar-refractivity contribution in [1.29, 1.82) is 0 Å². The number of amides is 1. The minimum atomic E-state index is -0.366. The number of nitrogens with one attached hydrogen (secondary N) is 1. The largest absolute Gasteiger partial charge is 0.440 e. The maximum atomic E-state index is 11.7. The number of pyridine rings is 1. The van der Waals surface area contributed by atoms with E-state index in [9.17, 15) is 4.79 Å². The number of hydrogen-bond donors (Lipinski definition) is 1. The first-order valence-electron chi connectivity index (χ1n) is 5.06. The Hall–Kier alpha value is -1.81. The number of carbonyl (C=O) groups excluding carboxylic acids is 1. The molecule has 88 valence electrons. The average Bonchev–Trinajstić information content (AvgIpc) is 2.63. The van der Waals surface area contributed by atoms with Crippen molar-refractivity contribution in [3.63, 3.8) is 0 Å². The summed E-state index contributed by atoms with van der Waals surface area (Å²) in [6.07, 6.45) is 0.